The van der Waals surface area contributed by atoms with E-state index >= 15 is 0 Å². The van der Waals surface area contributed by atoms with Gasteiger partial charge in [-0.25, -0.2) is 14.5 Å². The van der Waals surface area contributed by atoms with Gasteiger partial charge >= 0.3 is 5.97 Å². The topological polar surface area (TPSA) is 97.6 Å². The number of hydrogen-bond donors (Lipinski definition) is 1. The van der Waals surface area contributed by atoms with Crippen LogP contribution in [0.5, 0.6) is 0 Å². The first kappa shape index (κ1) is 25.6. The van der Waals surface area contributed by atoms with Crippen LogP contribution in [-0.2, 0) is 22.4 Å². The van der Waals surface area contributed by atoms with E-state index in [-0.39, 0.29) is 29.2 Å². The lowest BCUT2D eigenvalue weighted by Gasteiger charge is -2.37. The minimum Gasteiger partial charge on any atom is -0.477 e. The van der Waals surface area contributed by atoms with Crippen LogP contribution in [0, 0.1) is 11.8 Å². The van der Waals surface area contributed by atoms with Crippen molar-refractivity contribution in [2.45, 2.75) is 64.3 Å². The summed E-state index contributed by atoms with van der Waals surface area (Å²) in [5.74, 6) is -0.301. The number of aryl methyl sites for hydroxylation is 2. The molecule has 1 N–H and O–H groups in total. The number of carboxylic acid groups (broad SMARTS) is 1. The van der Waals surface area contributed by atoms with Crippen molar-refractivity contribution in [2.75, 3.05) is 18.1 Å². The number of rotatable bonds is 8. The second-order valence-corrected chi connectivity index (χ2v) is 11.0. The van der Waals surface area contributed by atoms with E-state index in [1.165, 1.54) is 11.8 Å². The Morgan fingerprint density at radius 2 is 1.81 bits per heavy atom. The fraction of sp³-hybridized carbons (Fsp3) is 0.500. The number of ether oxygens (including phenoxy) is 1. The van der Waals surface area contributed by atoms with E-state index in [0.29, 0.717) is 32.0 Å². The van der Waals surface area contributed by atoms with E-state index in [1.54, 1.807) is 20.9 Å². The van der Waals surface area contributed by atoms with Crippen molar-refractivity contribution in [3.63, 3.8) is 0 Å². The fourth-order valence-electron chi connectivity index (χ4n) is 5.38. The highest BCUT2D eigenvalue weighted by Gasteiger charge is 2.37. The second-order valence-electron chi connectivity index (χ2n) is 10.3. The molecule has 1 saturated carbocycles. The zero-order valence-electron chi connectivity index (χ0n) is 21.2. The number of amides is 1. The van der Waals surface area contributed by atoms with Crippen LogP contribution < -0.4 is 4.90 Å². The average Bonchev–Trinajstić information content (AvgIpc) is 3.60. The highest BCUT2D eigenvalue weighted by atomic mass is 32.1. The predicted molar refractivity (Wildman–Crippen MR) is 142 cm³/mol. The van der Waals surface area contributed by atoms with Gasteiger partial charge in [0, 0.05) is 36.8 Å². The quantitative estimate of drug-likeness (QED) is 0.439. The van der Waals surface area contributed by atoms with Gasteiger partial charge in [-0.2, -0.15) is 0 Å². The molecule has 2 aliphatic rings. The number of carboxylic acids is 1. The third-order valence-electron chi connectivity index (χ3n) is 7.67. The van der Waals surface area contributed by atoms with E-state index in [2.05, 4.69) is 17.3 Å². The van der Waals surface area contributed by atoms with Crippen molar-refractivity contribution in [1.82, 2.24) is 14.8 Å². The second kappa shape index (κ2) is 11.6. The summed E-state index contributed by atoms with van der Waals surface area (Å²) in [7, 11) is 0. The number of carbonyl (C=O) groups is 2. The average molecular weight is 523 g/mol. The lowest BCUT2D eigenvalue weighted by molar-refractivity contribution is -0.124. The highest BCUT2D eigenvalue weighted by molar-refractivity contribution is 7.07. The molecule has 2 fully saturated rings. The van der Waals surface area contributed by atoms with Crippen molar-refractivity contribution < 1.29 is 19.4 Å². The Kier molecular flexibility index (Phi) is 8.00. The third-order valence-corrected chi connectivity index (χ3v) is 8.30. The van der Waals surface area contributed by atoms with Crippen LogP contribution in [-0.4, -0.2) is 51.0 Å². The molecule has 0 atom stereocenters. The molecule has 9 heteroatoms. The maximum Gasteiger partial charge on any atom is 0.341 e. The smallest absolute Gasteiger partial charge is 0.341 e. The van der Waals surface area contributed by atoms with Gasteiger partial charge in [-0.05, 0) is 75.0 Å². The largest absolute Gasteiger partial charge is 0.477 e. The lowest BCUT2D eigenvalue weighted by atomic mass is 9.82. The van der Waals surface area contributed by atoms with Gasteiger partial charge in [-0.15, -0.1) is 16.4 Å². The van der Waals surface area contributed by atoms with Crippen LogP contribution >= 0.6 is 11.3 Å². The zero-order valence-corrected chi connectivity index (χ0v) is 22.0. The first-order valence-corrected chi connectivity index (χ1v) is 14.1. The Bertz CT molecular complexity index is 1190. The summed E-state index contributed by atoms with van der Waals surface area (Å²) in [6.45, 7) is 3.34. The summed E-state index contributed by atoms with van der Waals surface area (Å²) < 4.78 is 7.14. The number of carbonyl (C=O) groups excluding carboxylic acids is 1. The molecule has 1 saturated heterocycles. The molecule has 8 nitrogen and oxygen atoms in total. The maximum atomic E-state index is 13.9. The molecule has 0 bridgehead atoms. The molecule has 0 spiro atoms. The number of anilines is 1. The summed E-state index contributed by atoms with van der Waals surface area (Å²) in [6, 6.07) is 7.85. The first-order chi connectivity index (χ1) is 18.0. The van der Waals surface area contributed by atoms with Crippen molar-refractivity contribution in [3.05, 3.63) is 58.2 Å². The Labute approximate surface area is 221 Å². The van der Waals surface area contributed by atoms with Crippen molar-refractivity contribution in [2.24, 2.45) is 11.8 Å². The SMILES string of the molecule is CC1CCC(C(=O)N(c2nn(-c3ccc(CCc4cscn4)cc3)cc2C(=O)O)C2CCOCC2)CC1. The molecular formula is C28H34N4O4S. The normalized spacial score (nSPS) is 20.6. The summed E-state index contributed by atoms with van der Waals surface area (Å²) in [4.78, 5) is 32.2. The van der Waals surface area contributed by atoms with Gasteiger partial charge in [-0.3, -0.25) is 9.69 Å². The van der Waals surface area contributed by atoms with Crippen LogP contribution in [0.1, 0.15) is 67.1 Å². The van der Waals surface area contributed by atoms with Crippen LogP contribution in [0.15, 0.2) is 41.4 Å². The molecule has 2 aromatic heterocycles. The number of benzene rings is 1. The molecule has 1 aliphatic heterocycles. The maximum absolute atomic E-state index is 13.9. The van der Waals surface area contributed by atoms with E-state index in [0.717, 1.165) is 49.9 Å². The van der Waals surface area contributed by atoms with Gasteiger partial charge in [0.05, 0.1) is 16.9 Å². The molecule has 37 heavy (non-hydrogen) atoms. The van der Waals surface area contributed by atoms with Crippen LogP contribution in [0.4, 0.5) is 5.82 Å². The molecule has 0 radical (unpaired) electrons. The molecule has 0 unspecified atom stereocenters. The highest BCUT2D eigenvalue weighted by Crippen LogP contribution is 2.34. The molecule has 1 aromatic carbocycles. The third kappa shape index (κ3) is 5.93. The van der Waals surface area contributed by atoms with Crippen LogP contribution in [0.25, 0.3) is 5.69 Å². The number of thiazole rings is 1. The molecule has 196 valence electrons. The summed E-state index contributed by atoms with van der Waals surface area (Å²) in [6.07, 6.45) is 8.35. The summed E-state index contributed by atoms with van der Waals surface area (Å²) in [5, 5.41) is 16.9. The molecule has 1 amide bonds. The van der Waals surface area contributed by atoms with Crippen LogP contribution in [0.3, 0.4) is 0 Å². The first-order valence-electron chi connectivity index (χ1n) is 13.2. The lowest BCUT2D eigenvalue weighted by Crippen LogP contribution is -2.47. The standard InChI is InChI=1S/C28H34N4O4S/c1-19-2-7-21(8-3-19)27(33)32(24-12-14-36-15-13-24)26-25(28(34)35)16-31(30-26)23-10-5-20(6-11-23)4-9-22-17-37-18-29-22/h5-6,10-11,16-19,21,24H,2-4,7-9,12-15H2,1H3,(H,34,35). The van der Waals surface area contributed by atoms with Gasteiger partial charge in [0.25, 0.3) is 0 Å². The molecule has 5 rings (SSSR count). The minimum atomic E-state index is -1.08. The number of hydrogen-bond acceptors (Lipinski definition) is 6. The number of nitrogens with zero attached hydrogens (tertiary/aromatic N) is 4. The van der Waals surface area contributed by atoms with Crippen LogP contribution in [0.2, 0.25) is 0 Å². The molecule has 3 heterocycles. The molecular weight excluding hydrogens is 488 g/mol. The van der Waals surface area contributed by atoms with E-state index in [9.17, 15) is 14.7 Å². The summed E-state index contributed by atoms with van der Waals surface area (Å²) in [5.41, 5.74) is 4.92. The predicted octanol–water partition coefficient (Wildman–Crippen LogP) is 5.15. The van der Waals surface area contributed by atoms with Crippen molar-refractivity contribution in [1.29, 1.82) is 0 Å². The molecule has 3 aromatic rings. The van der Waals surface area contributed by atoms with Gasteiger partial charge in [0.2, 0.25) is 5.91 Å². The number of aromatic carboxylic acids is 1. The van der Waals surface area contributed by atoms with E-state index < -0.39 is 5.97 Å². The fourth-order valence-corrected chi connectivity index (χ4v) is 5.97. The van der Waals surface area contributed by atoms with E-state index in [4.69, 9.17) is 9.84 Å². The van der Waals surface area contributed by atoms with Crippen molar-refractivity contribution >= 4 is 29.0 Å². The Balaban J connectivity index is 1.42. The Morgan fingerprint density at radius 3 is 2.46 bits per heavy atom. The van der Waals surface area contributed by atoms with Gasteiger partial charge in [0.15, 0.2) is 5.82 Å². The number of aromatic nitrogens is 3. The molecule has 1 aliphatic carbocycles. The monoisotopic (exact) mass is 522 g/mol. The zero-order chi connectivity index (χ0) is 25.8. The van der Waals surface area contributed by atoms with E-state index in [1.807, 2.05) is 29.8 Å². The van der Waals surface area contributed by atoms with Gasteiger partial charge in [-0.1, -0.05) is 19.1 Å². The van der Waals surface area contributed by atoms with Crippen molar-refractivity contribution in [3.8, 4) is 5.69 Å². The summed E-state index contributed by atoms with van der Waals surface area (Å²) >= 11 is 1.60. The van der Waals surface area contributed by atoms with Gasteiger partial charge in [0.1, 0.15) is 5.56 Å². The Hall–Kier alpha value is -3.04. The minimum absolute atomic E-state index is 0.00365. The Morgan fingerprint density at radius 1 is 1.08 bits per heavy atom. The van der Waals surface area contributed by atoms with Gasteiger partial charge < -0.3 is 9.84 Å².